The van der Waals surface area contributed by atoms with Crippen LogP contribution in [-0.4, -0.2) is 18.7 Å². The summed E-state index contributed by atoms with van der Waals surface area (Å²) in [5.41, 5.74) is 1.06. The Labute approximate surface area is 114 Å². The summed E-state index contributed by atoms with van der Waals surface area (Å²) in [6.45, 7) is 0. The topological polar surface area (TPSA) is 43.4 Å². The van der Waals surface area contributed by atoms with Crippen LogP contribution in [0.5, 0.6) is 5.75 Å². The summed E-state index contributed by atoms with van der Waals surface area (Å²) in [6, 6.07) is 7.56. The molecule has 0 saturated carbocycles. The van der Waals surface area contributed by atoms with E-state index in [0.717, 1.165) is 11.3 Å². The third-order valence-electron chi connectivity index (χ3n) is 2.79. The smallest absolute Gasteiger partial charge is 0.141 e. The summed E-state index contributed by atoms with van der Waals surface area (Å²) in [7, 11) is 1.61. The molecule has 0 unspecified atom stereocenters. The number of rotatable bonds is 8. The van der Waals surface area contributed by atoms with Gasteiger partial charge in [-0.3, -0.25) is 9.59 Å². The minimum absolute atomic E-state index is 0.00215. The van der Waals surface area contributed by atoms with Crippen molar-refractivity contribution in [1.82, 2.24) is 0 Å². The molecule has 0 aliphatic heterocycles. The van der Waals surface area contributed by atoms with Gasteiger partial charge in [0.2, 0.25) is 0 Å². The maximum Gasteiger partial charge on any atom is 0.141 e. The first-order chi connectivity index (χ1) is 9.15. The van der Waals surface area contributed by atoms with Crippen molar-refractivity contribution in [2.45, 2.75) is 32.1 Å². The Kier molecular flexibility index (Phi) is 6.38. The SMILES string of the molecule is C#CCCC(=O)CC(=O)CCc1ccc(OC)cc1. The van der Waals surface area contributed by atoms with E-state index in [4.69, 9.17) is 11.2 Å². The van der Waals surface area contributed by atoms with Crippen LogP contribution >= 0.6 is 0 Å². The molecule has 3 heteroatoms. The first-order valence-corrected chi connectivity index (χ1v) is 6.25. The van der Waals surface area contributed by atoms with Crippen LogP contribution in [0.3, 0.4) is 0 Å². The molecule has 0 heterocycles. The van der Waals surface area contributed by atoms with Crippen molar-refractivity contribution in [3.63, 3.8) is 0 Å². The fraction of sp³-hybridized carbons (Fsp3) is 0.375. The molecule has 0 atom stereocenters. The van der Waals surface area contributed by atoms with Crippen LogP contribution in [0.1, 0.15) is 31.2 Å². The van der Waals surface area contributed by atoms with Crippen LogP contribution in [0, 0.1) is 12.3 Å². The van der Waals surface area contributed by atoms with Gasteiger partial charge < -0.3 is 4.74 Å². The second-order valence-electron chi connectivity index (χ2n) is 4.31. The highest BCUT2D eigenvalue weighted by molar-refractivity contribution is 5.99. The number of methoxy groups -OCH3 is 1. The number of ether oxygens (including phenoxy) is 1. The van der Waals surface area contributed by atoms with E-state index in [-0.39, 0.29) is 18.0 Å². The summed E-state index contributed by atoms with van der Waals surface area (Å²) in [6.07, 6.45) is 6.80. The van der Waals surface area contributed by atoms with Gasteiger partial charge in [-0.25, -0.2) is 0 Å². The van der Waals surface area contributed by atoms with Crippen LogP contribution in [0.2, 0.25) is 0 Å². The second kappa shape index (κ2) is 8.10. The molecule has 0 aromatic heterocycles. The molecule has 0 aliphatic carbocycles. The number of hydrogen-bond donors (Lipinski definition) is 0. The van der Waals surface area contributed by atoms with Gasteiger partial charge in [-0.15, -0.1) is 12.3 Å². The number of terminal acetylenes is 1. The van der Waals surface area contributed by atoms with Gasteiger partial charge in [-0.2, -0.15) is 0 Å². The summed E-state index contributed by atoms with van der Waals surface area (Å²) in [4.78, 5) is 23.0. The van der Waals surface area contributed by atoms with E-state index < -0.39 is 0 Å². The van der Waals surface area contributed by atoms with Crippen molar-refractivity contribution >= 4 is 11.6 Å². The molecule has 0 aliphatic rings. The van der Waals surface area contributed by atoms with Crippen LogP contribution in [0.4, 0.5) is 0 Å². The minimum atomic E-state index is -0.0716. The predicted molar refractivity (Wildman–Crippen MR) is 74.0 cm³/mol. The zero-order valence-electron chi connectivity index (χ0n) is 11.1. The van der Waals surface area contributed by atoms with Gasteiger partial charge in [-0.1, -0.05) is 12.1 Å². The van der Waals surface area contributed by atoms with Gasteiger partial charge in [0.05, 0.1) is 13.5 Å². The van der Waals surface area contributed by atoms with Gasteiger partial charge in [0.15, 0.2) is 0 Å². The first-order valence-electron chi connectivity index (χ1n) is 6.25. The molecule has 3 nitrogen and oxygen atoms in total. The Bertz CT molecular complexity index is 466. The Balaban J connectivity index is 2.33. The van der Waals surface area contributed by atoms with Crippen molar-refractivity contribution in [3.05, 3.63) is 29.8 Å². The van der Waals surface area contributed by atoms with E-state index in [0.29, 0.717) is 25.7 Å². The third kappa shape index (κ3) is 5.87. The quantitative estimate of drug-likeness (QED) is 0.531. The van der Waals surface area contributed by atoms with Gasteiger partial charge in [-0.05, 0) is 24.1 Å². The van der Waals surface area contributed by atoms with Crippen molar-refractivity contribution in [2.75, 3.05) is 7.11 Å². The first kappa shape index (κ1) is 15.0. The average Bonchev–Trinajstić information content (AvgIpc) is 2.43. The Morgan fingerprint density at radius 2 is 1.79 bits per heavy atom. The molecule has 0 N–H and O–H groups in total. The zero-order chi connectivity index (χ0) is 14.1. The van der Waals surface area contributed by atoms with Crippen molar-refractivity contribution in [2.24, 2.45) is 0 Å². The second-order valence-corrected chi connectivity index (χ2v) is 4.31. The number of carbonyl (C=O) groups excluding carboxylic acids is 2. The highest BCUT2D eigenvalue weighted by atomic mass is 16.5. The molecule has 0 radical (unpaired) electrons. The van der Waals surface area contributed by atoms with Gasteiger partial charge in [0.1, 0.15) is 17.3 Å². The molecule has 0 spiro atoms. The van der Waals surface area contributed by atoms with Crippen LogP contribution in [0.25, 0.3) is 0 Å². The third-order valence-corrected chi connectivity index (χ3v) is 2.79. The van der Waals surface area contributed by atoms with E-state index in [1.807, 2.05) is 24.3 Å². The fourth-order valence-electron chi connectivity index (χ4n) is 1.68. The van der Waals surface area contributed by atoms with E-state index in [1.54, 1.807) is 7.11 Å². The van der Waals surface area contributed by atoms with E-state index in [2.05, 4.69) is 5.92 Å². The van der Waals surface area contributed by atoms with E-state index >= 15 is 0 Å². The monoisotopic (exact) mass is 258 g/mol. The lowest BCUT2D eigenvalue weighted by molar-refractivity contribution is -0.126. The van der Waals surface area contributed by atoms with E-state index in [1.165, 1.54) is 0 Å². The van der Waals surface area contributed by atoms with Crippen molar-refractivity contribution in [1.29, 1.82) is 0 Å². The average molecular weight is 258 g/mol. The molecular weight excluding hydrogens is 240 g/mol. The number of aryl methyl sites for hydroxylation is 1. The molecule has 1 rings (SSSR count). The molecule has 1 aromatic rings. The summed E-state index contributed by atoms with van der Waals surface area (Å²) >= 11 is 0. The number of hydrogen-bond acceptors (Lipinski definition) is 3. The lowest BCUT2D eigenvalue weighted by Gasteiger charge is -2.03. The van der Waals surface area contributed by atoms with Gasteiger partial charge in [0, 0.05) is 19.3 Å². The molecule has 0 bridgehead atoms. The van der Waals surface area contributed by atoms with E-state index in [9.17, 15) is 9.59 Å². The standard InChI is InChI=1S/C16H18O3/c1-3-4-5-14(17)12-15(18)9-6-13-7-10-16(19-2)11-8-13/h1,7-8,10-11H,4-6,9,12H2,2H3. The zero-order valence-corrected chi connectivity index (χ0v) is 11.1. The number of ketones is 2. The molecule has 1 aromatic carbocycles. The number of benzene rings is 1. The molecule has 0 fully saturated rings. The highest BCUT2D eigenvalue weighted by Crippen LogP contribution is 2.13. The van der Waals surface area contributed by atoms with Gasteiger partial charge >= 0.3 is 0 Å². The Morgan fingerprint density at radius 3 is 2.37 bits per heavy atom. The lowest BCUT2D eigenvalue weighted by atomic mass is 10.0. The molecule has 0 amide bonds. The number of carbonyl (C=O) groups is 2. The highest BCUT2D eigenvalue weighted by Gasteiger charge is 2.09. The van der Waals surface area contributed by atoms with Crippen molar-refractivity contribution < 1.29 is 14.3 Å². The van der Waals surface area contributed by atoms with Gasteiger partial charge in [0.25, 0.3) is 0 Å². The summed E-state index contributed by atoms with van der Waals surface area (Å²) in [5, 5.41) is 0. The molecule has 100 valence electrons. The largest absolute Gasteiger partial charge is 0.497 e. The Hall–Kier alpha value is -2.08. The van der Waals surface area contributed by atoms with Crippen LogP contribution in [0.15, 0.2) is 24.3 Å². The molecule has 19 heavy (non-hydrogen) atoms. The maximum atomic E-state index is 11.6. The summed E-state index contributed by atoms with van der Waals surface area (Å²) < 4.78 is 5.06. The molecular formula is C16H18O3. The predicted octanol–water partition coefficient (Wildman–Crippen LogP) is 2.57. The fourth-order valence-corrected chi connectivity index (χ4v) is 1.68. The lowest BCUT2D eigenvalue weighted by Crippen LogP contribution is -2.08. The maximum absolute atomic E-state index is 11.6. The molecule has 0 saturated heterocycles. The minimum Gasteiger partial charge on any atom is -0.497 e. The van der Waals surface area contributed by atoms with Crippen molar-refractivity contribution in [3.8, 4) is 18.1 Å². The summed E-state index contributed by atoms with van der Waals surface area (Å²) in [5.74, 6) is 3.09. The van der Waals surface area contributed by atoms with Crippen LogP contribution in [-0.2, 0) is 16.0 Å². The Morgan fingerprint density at radius 1 is 1.16 bits per heavy atom. The van der Waals surface area contributed by atoms with Crippen LogP contribution < -0.4 is 4.74 Å². The number of Topliss-reactive ketones (excluding diaryl/α,β-unsaturated/α-hetero) is 2. The normalized spacial score (nSPS) is 9.68.